The molecule has 0 aliphatic carbocycles. The molecule has 1 aliphatic heterocycles. The summed E-state index contributed by atoms with van der Waals surface area (Å²) in [6, 6.07) is 11.5. The van der Waals surface area contributed by atoms with Crippen LogP contribution in [0.5, 0.6) is 0 Å². The first-order valence-electron chi connectivity index (χ1n) is 9.86. The van der Waals surface area contributed by atoms with Crippen LogP contribution in [0, 0.1) is 12.3 Å². The summed E-state index contributed by atoms with van der Waals surface area (Å²) in [6.45, 7) is 4.88. The van der Waals surface area contributed by atoms with E-state index in [-0.39, 0.29) is 17.9 Å². The maximum absolute atomic E-state index is 13.4. The molecule has 2 aromatic heterocycles. The Bertz CT molecular complexity index is 1020. The number of nitrogens with two attached hydrogens (primary N) is 2. The molecule has 9 heteroatoms. The molecule has 1 unspecified atom stereocenters. The number of aromatic amines is 1. The number of carbonyl (C=O) groups excluding carboxylic acids is 1. The van der Waals surface area contributed by atoms with Crippen LogP contribution in [-0.2, 0) is 11.2 Å². The first kappa shape index (κ1) is 19.7. The number of amides is 1. The third kappa shape index (κ3) is 3.91. The van der Waals surface area contributed by atoms with Crippen LogP contribution in [0.3, 0.4) is 0 Å². The second-order valence-electron chi connectivity index (χ2n) is 7.95. The summed E-state index contributed by atoms with van der Waals surface area (Å²) in [5.41, 5.74) is 13.0. The lowest BCUT2D eigenvalue weighted by molar-refractivity contribution is -0.133. The molecule has 156 valence electrons. The average molecular weight is 406 g/mol. The monoisotopic (exact) mass is 406 g/mol. The lowest BCUT2D eigenvalue weighted by Gasteiger charge is -2.50. The van der Waals surface area contributed by atoms with Gasteiger partial charge in [0, 0.05) is 31.0 Å². The number of hydrogen-bond acceptors (Lipinski definition) is 7. The van der Waals surface area contributed by atoms with E-state index in [1.165, 1.54) is 0 Å². The molecular weight excluding hydrogens is 380 g/mol. The summed E-state index contributed by atoms with van der Waals surface area (Å²) < 4.78 is 0. The number of carbonyl (C=O) groups is 1. The number of aromatic nitrogens is 4. The molecule has 1 atom stereocenters. The van der Waals surface area contributed by atoms with Crippen LogP contribution in [0.1, 0.15) is 30.0 Å². The number of aryl methyl sites for hydroxylation is 1. The Morgan fingerprint density at radius 1 is 1.27 bits per heavy atom. The third-order valence-corrected chi connectivity index (χ3v) is 5.41. The number of imidazole rings is 1. The lowest BCUT2D eigenvalue weighted by atomic mass is 9.73. The zero-order valence-electron chi connectivity index (χ0n) is 17.1. The van der Waals surface area contributed by atoms with Gasteiger partial charge in [-0.15, -0.1) is 0 Å². The predicted octanol–water partition coefficient (Wildman–Crippen LogP) is 1.60. The normalized spacial score (nSPS) is 16.0. The van der Waals surface area contributed by atoms with E-state index in [0.29, 0.717) is 31.1 Å². The fourth-order valence-corrected chi connectivity index (χ4v) is 3.87. The topological polar surface area (TPSA) is 139 Å². The van der Waals surface area contributed by atoms with Gasteiger partial charge in [-0.2, -0.15) is 9.97 Å². The van der Waals surface area contributed by atoms with Crippen LogP contribution in [-0.4, -0.2) is 38.9 Å². The molecule has 4 rings (SSSR count). The highest BCUT2D eigenvalue weighted by atomic mass is 16.2. The van der Waals surface area contributed by atoms with Gasteiger partial charge in [0.2, 0.25) is 11.9 Å². The molecule has 6 N–H and O–H groups in total. The summed E-state index contributed by atoms with van der Waals surface area (Å²) in [7, 11) is 0. The van der Waals surface area contributed by atoms with Crippen molar-refractivity contribution in [1.29, 1.82) is 0 Å². The molecule has 0 bridgehead atoms. The van der Waals surface area contributed by atoms with Crippen molar-refractivity contribution in [2.24, 2.45) is 5.41 Å². The standard InChI is InChI=1S/C21H26N8O/c1-13-10-24-18(25-13)14(2)26-19(30)21(9-15-6-4-3-5-7-15)11-29(12-21)17-8-16(22)27-20(23)28-17/h3-8,10,14H,9,11-12H2,1-2H3,(H,24,25)(H,26,30)(H4,22,23,27,28). The minimum absolute atomic E-state index is 0.0147. The lowest BCUT2D eigenvalue weighted by Crippen LogP contribution is -2.65. The van der Waals surface area contributed by atoms with Gasteiger partial charge in [0.25, 0.3) is 0 Å². The van der Waals surface area contributed by atoms with Crippen molar-refractivity contribution >= 4 is 23.5 Å². The minimum Gasteiger partial charge on any atom is -0.383 e. The Balaban J connectivity index is 1.55. The molecule has 3 aromatic rings. The number of nitrogen functional groups attached to an aromatic ring is 2. The highest BCUT2D eigenvalue weighted by molar-refractivity contribution is 5.87. The van der Waals surface area contributed by atoms with Gasteiger partial charge >= 0.3 is 0 Å². The van der Waals surface area contributed by atoms with Crippen molar-refractivity contribution in [3.05, 3.63) is 59.7 Å². The van der Waals surface area contributed by atoms with Gasteiger partial charge in [0.15, 0.2) is 0 Å². The van der Waals surface area contributed by atoms with Gasteiger partial charge in [-0.25, -0.2) is 4.98 Å². The smallest absolute Gasteiger partial charge is 0.230 e. The van der Waals surface area contributed by atoms with Crippen LogP contribution in [0.2, 0.25) is 0 Å². The van der Waals surface area contributed by atoms with Crippen molar-refractivity contribution in [2.45, 2.75) is 26.3 Å². The van der Waals surface area contributed by atoms with E-state index >= 15 is 0 Å². The second kappa shape index (κ2) is 7.66. The van der Waals surface area contributed by atoms with Crippen LogP contribution < -0.4 is 21.7 Å². The number of hydrogen-bond donors (Lipinski definition) is 4. The van der Waals surface area contributed by atoms with Gasteiger partial charge in [-0.3, -0.25) is 4.79 Å². The largest absolute Gasteiger partial charge is 0.383 e. The Kier molecular flexibility index (Phi) is 5.03. The van der Waals surface area contributed by atoms with E-state index in [9.17, 15) is 4.79 Å². The van der Waals surface area contributed by atoms with Crippen molar-refractivity contribution in [2.75, 3.05) is 29.5 Å². The molecular formula is C21H26N8O. The summed E-state index contributed by atoms with van der Waals surface area (Å²) >= 11 is 0. The number of nitrogens with one attached hydrogen (secondary N) is 2. The molecule has 1 saturated heterocycles. The van der Waals surface area contributed by atoms with E-state index < -0.39 is 5.41 Å². The van der Waals surface area contributed by atoms with Crippen LogP contribution in [0.15, 0.2) is 42.6 Å². The summed E-state index contributed by atoms with van der Waals surface area (Å²) in [5, 5.41) is 3.13. The molecule has 0 radical (unpaired) electrons. The molecule has 3 heterocycles. The SMILES string of the molecule is Cc1cnc(C(C)NC(=O)C2(Cc3ccccc3)CN(c3cc(N)nc(N)n3)C2)[nH]1. The quantitative estimate of drug-likeness (QED) is 0.487. The molecule has 0 saturated carbocycles. The fraction of sp³-hybridized carbons (Fsp3) is 0.333. The number of H-pyrrole nitrogens is 1. The molecule has 9 nitrogen and oxygen atoms in total. The summed E-state index contributed by atoms with van der Waals surface area (Å²) in [4.78, 5) is 31.1. The third-order valence-electron chi connectivity index (χ3n) is 5.41. The Morgan fingerprint density at radius 3 is 2.63 bits per heavy atom. The van der Waals surface area contributed by atoms with E-state index in [4.69, 9.17) is 11.5 Å². The summed E-state index contributed by atoms with van der Waals surface area (Å²) in [6.07, 6.45) is 2.38. The van der Waals surface area contributed by atoms with Gasteiger partial charge in [-0.1, -0.05) is 30.3 Å². The van der Waals surface area contributed by atoms with Crippen molar-refractivity contribution in [3.63, 3.8) is 0 Å². The molecule has 0 spiro atoms. The Labute approximate surface area is 174 Å². The highest BCUT2D eigenvalue weighted by Gasteiger charge is 2.50. The second-order valence-corrected chi connectivity index (χ2v) is 7.95. The number of benzene rings is 1. The van der Waals surface area contributed by atoms with E-state index in [1.807, 2.05) is 49.1 Å². The maximum Gasteiger partial charge on any atom is 0.230 e. The molecule has 1 fully saturated rings. The molecule has 1 aromatic carbocycles. The van der Waals surface area contributed by atoms with Crippen molar-refractivity contribution in [3.8, 4) is 0 Å². The van der Waals surface area contributed by atoms with Gasteiger partial charge in [-0.05, 0) is 25.8 Å². The fourth-order valence-electron chi connectivity index (χ4n) is 3.87. The molecule has 1 amide bonds. The number of nitrogens with zero attached hydrogens (tertiary/aromatic N) is 4. The van der Waals surface area contributed by atoms with E-state index in [1.54, 1.807) is 12.3 Å². The zero-order valence-corrected chi connectivity index (χ0v) is 17.1. The number of rotatable bonds is 6. The predicted molar refractivity (Wildman–Crippen MR) is 116 cm³/mol. The van der Waals surface area contributed by atoms with Gasteiger partial charge < -0.3 is 26.7 Å². The van der Waals surface area contributed by atoms with Gasteiger partial charge in [0.1, 0.15) is 17.5 Å². The average Bonchev–Trinajstić information content (AvgIpc) is 3.10. The van der Waals surface area contributed by atoms with E-state index in [0.717, 1.165) is 17.1 Å². The van der Waals surface area contributed by atoms with Crippen LogP contribution in [0.25, 0.3) is 0 Å². The van der Waals surface area contributed by atoms with Crippen LogP contribution >= 0.6 is 0 Å². The van der Waals surface area contributed by atoms with Crippen molar-refractivity contribution in [1.82, 2.24) is 25.3 Å². The first-order valence-corrected chi connectivity index (χ1v) is 9.86. The van der Waals surface area contributed by atoms with E-state index in [2.05, 4.69) is 25.3 Å². The molecule has 1 aliphatic rings. The Morgan fingerprint density at radius 2 is 2.00 bits per heavy atom. The maximum atomic E-state index is 13.4. The molecule has 30 heavy (non-hydrogen) atoms. The van der Waals surface area contributed by atoms with Crippen molar-refractivity contribution < 1.29 is 4.79 Å². The summed E-state index contributed by atoms with van der Waals surface area (Å²) in [5.74, 6) is 1.79. The number of anilines is 3. The first-order chi connectivity index (χ1) is 14.3. The minimum atomic E-state index is -0.592. The highest BCUT2D eigenvalue weighted by Crippen LogP contribution is 2.38. The Hall–Kier alpha value is -3.62. The zero-order chi connectivity index (χ0) is 21.3. The van der Waals surface area contributed by atoms with Crippen LogP contribution in [0.4, 0.5) is 17.6 Å². The van der Waals surface area contributed by atoms with Gasteiger partial charge in [0.05, 0.1) is 11.5 Å².